The van der Waals surface area contributed by atoms with Crippen molar-refractivity contribution in [2.45, 2.75) is 19.3 Å². The van der Waals surface area contributed by atoms with E-state index in [0.29, 0.717) is 6.61 Å². The van der Waals surface area contributed by atoms with Crippen LogP contribution in [0, 0.1) is 0 Å². The van der Waals surface area contributed by atoms with Crippen molar-refractivity contribution >= 4 is 0 Å². The van der Waals surface area contributed by atoms with Crippen molar-refractivity contribution in [3.05, 3.63) is 24.8 Å². The summed E-state index contributed by atoms with van der Waals surface area (Å²) in [6.07, 6.45) is 1.56. The second-order valence-electron chi connectivity index (χ2n) is 2.42. The van der Waals surface area contributed by atoms with Gasteiger partial charge in [-0.25, -0.2) is 0 Å². The van der Waals surface area contributed by atoms with Crippen LogP contribution in [0.1, 0.15) is 6.92 Å². The van der Waals surface area contributed by atoms with Crippen molar-refractivity contribution in [3.8, 4) is 0 Å². The zero-order chi connectivity index (χ0) is 7.56. The van der Waals surface area contributed by atoms with Gasteiger partial charge in [-0.3, -0.25) is 0 Å². The zero-order valence-corrected chi connectivity index (χ0v) is 6.17. The van der Waals surface area contributed by atoms with Gasteiger partial charge in [0.25, 0.3) is 0 Å². The van der Waals surface area contributed by atoms with Crippen LogP contribution in [0.2, 0.25) is 0 Å². The molecule has 1 rings (SSSR count). The van der Waals surface area contributed by atoms with Crippen molar-refractivity contribution < 1.29 is 9.47 Å². The summed E-state index contributed by atoms with van der Waals surface area (Å²) in [5.74, 6) is 0. The van der Waals surface area contributed by atoms with E-state index in [0.717, 1.165) is 5.57 Å². The molecule has 0 aliphatic carbocycles. The molecule has 0 radical (unpaired) electrons. The number of hydrogen-bond acceptors (Lipinski definition) is 2. The fourth-order valence-electron chi connectivity index (χ4n) is 0.802. The highest BCUT2D eigenvalue weighted by Gasteiger charge is 2.23. The Hall–Kier alpha value is -0.600. The van der Waals surface area contributed by atoms with Crippen molar-refractivity contribution in [1.82, 2.24) is 0 Å². The summed E-state index contributed by atoms with van der Waals surface area (Å²) < 4.78 is 10.6. The molecule has 0 bridgehead atoms. The second-order valence-corrected chi connectivity index (χ2v) is 2.42. The smallest absolute Gasteiger partial charge is 0.180 e. The molecule has 2 unspecified atom stereocenters. The largest absolute Gasteiger partial charge is 0.346 e. The Kier molecular flexibility index (Phi) is 2.25. The first kappa shape index (κ1) is 7.51. The molecule has 1 heterocycles. The third-order valence-corrected chi connectivity index (χ3v) is 1.38. The first-order chi connectivity index (χ1) is 4.74. The lowest BCUT2D eigenvalue weighted by Gasteiger charge is -2.07. The number of rotatable bonds is 2. The highest BCUT2D eigenvalue weighted by atomic mass is 16.7. The van der Waals surface area contributed by atoms with E-state index in [9.17, 15) is 0 Å². The Bertz CT molecular complexity index is 151. The van der Waals surface area contributed by atoms with Crippen molar-refractivity contribution in [1.29, 1.82) is 0 Å². The third-order valence-electron chi connectivity index (χ3n) is 1.38. The minimum absolute atomic E-state index is 0.0432. The van der Waals surface area contributed by atoms with E-state index in [1.165, 1.54) is 0 Å². The summed E-state index contributed by atoms with van der Waals surface area (Å²) >= 11 is 0. The Labute approximate surface area is 61.1 Å². The van der Waals surface area contributed by atoms with Crippen molar-refractivity contribution in [3.63, 3.8) is 0 Å². The zero-order valence-electron chi connectivity index (χ0n) is 6.17. The van der Waals surface area contributed by atoms with Gasteiger partial charge in [0.2, 0.25) is 0 Å². The maximum Gasteiger partial charge on any atom is 0.180 e. The molecule has 0 N–H and O–H groups in total. The van der Waals surface area contributed by atoms with E-state index in [1.54, 1.807) is 6.08 Å². The monoisotopic (exact) mass is 140 g/mol. The average molecular weight is 140 g/mol. The van der Waals surface area contributed by atoms with Crippen LogP contribution in [-0.4, -0.2) is 19.0 Å². The lowest BCUT2D eigenvalue weighted by molar-refractivity contribution is -0.0204. The summed E-state index contributed by atoms with van der Waals surface area (Å²) in [6.45, 7) is 9.81. The molecule has 2 heteroatoms. The Morgan fingerprint density at radius 2 is 2.40 bits per heavy atom. The molecule has 0 aromatic carbocycles. The highest BCUT2D eigenvalue weighted by molar-refractivity contribution is 4.97. The van der Waals surface area contributed by atoms with Gasteiger partial charge in [-0.05, 0) is 12.5 Å². The molecule has 0 aromatic heterocycles. The van der Waals surface area contributed by atoms with E-state index in [2.05, 4.69) is 13.2 Å². The summed E-state index contributed by atoms with van der Waals surface area (Å²) in [5, 5.41) is 0. The first-order valence-electron chi connectivity index (χ1n) is 3.29. The van der Waals surface area contributed by atoms with Crippen LogP contribution in [0.3, 0.4) is 0 Å². The SMILES string of the molecule is C=CC1COC(C(=C)C)O1. The molecule has 10 heavy (non-hydrogen) atoms. The van der Waals surface area contributed by atoms with E-state index < -0.39 is 0 Å². The predicted molar refractivity (Wildman–Crippen MR) is 39.6 cm³/mol. The van der Waals surface area contributed by atoms with Gasteiger partial charge in [0.1, 0.15) is 6.10 Å². The second kappa shape index (κ2) is 2.99. The minimum atomic E-state index is -0.219. The molecule has 0 spiro atoms. The first-order valence-corrected chi connectivity index (χ1v) is 3.29. The Morgan fingerprint density at radius 1 is 1.70 bits per heavy atom. The Morgan fingerprint density at radius 3 is 2.70 bits per heavy atom. The van der Waals surface area contributed by atoms with Gasteiger partial charge in [0, 0.05) is 0 Å². The maximum absolute atomic E-state index is 5.33. The van der Waals surface area contributed by atoms with Crippen LogP contribution < -0.4 is 0 Å². The van der Waals surface area contributed by atoms with Crippen LogP contribution in [0.4, 0.5) is 0 Å². The van der Waals surface area contributed by atoms with Crippen LogP contribution >= 0.6 is 0 Å². The molecular formula is C8H12O2. The summed E-state index contributed by atoms with van der Waals surface area (Å²) in [5.41, 5.74) is 0.907. The molecule has 1 aliphatic rings. The fourth-order valence-corrected chi connectivity index (χ4v) is 0.802. The van der Waals surface area contributed by atoms with Gasteiger partial charge >= 0.3 is 0 Å². The van der Waals surface area contributed by atoms with Crippen LogP contribution in [0.5, 0.6) is 0 Å². The summed E-state index contributed by atoms with van der Waals surface area (Å²) in [4.78, 5) is 0. The highest BCUT2D eigenvalue weighted by Crippen LogP contribution is 2.16. The van der Waals surface area contributed by atoms with Crippen molar-refractivity contribution in [2.24, 2.45) is 0 Å². The molecule has 0 aromatic rings. The summed E-state index contributed by atoms with van der Waals surface area (Å²) in [6, 6.07) is 0. The van der Waals surface area contributed by atoms with Gasteiger partial charge in [0.05, 0.1) is 6.61 Å². The lowest BCUT2D eigenvalue weighted by Crippen LogP contribution is -2.10. The topological polar surface area (TPSA) is 18.5 Å². The van der Waals surface area contributed by atoms with Crippen LogP contribution in [0.25, 0.3) is 0 Å². The van der Waals surface area contributed by atoms with E-state index in [4.69, 9.17) is 9.47 Å². The van der Waals surface area contributed by atoms with Gasteiger partial charge in [0.15, 0.2) is 6.29 Å². The maximum atomic E-state index is 5.33. The van der Waals surface area contributed by atoms with Gasteiger partial charge in [-0.1, -0.05) is 12.7 Å². The van der Waals surface area contributed by atoms with Crippen LogP contribution in [0.15, 0.2) is 24.8 Å². The number of ether oxygens (including phenoxy) is 2. The van der Waals surface area contributed by atoms with Gasteiger partial charge < -0.3 is 9.47 Å². The van der Waals surface area contributed by atoms with Crippen molar-refractivity contribution in [2.75, 3.05) is 6.61 Å². The lowest BCUT2D eigenvalue weighted by atomic mass is 10.3. The standard InChI is InChI=1S/C8H12O2/c1-4-7-5-9-8(10-7)6(2)3/h4,7-8H,1-2,5H2,3H3. The molecule has 0 saturated carbocycles. The van der Waals surface area contributed by atoms with E-state index in [1.807, 2.05) is 6.92 Å². The molecule has 2 atom stereocenters. The molecule has 1 aliphatic heterocycles. The normalized spacial score (nSPS) is 32.1. The molecular weight excluding hydrogens is 128 g/mol. The predicted octanol–water partition coefficient (Wildman–Crippen LogP) is 1.49. The Balaban J connectivity index is 2.42. The minimum Gasteiger partial charge on any atom is -0.346 e. The number of hydrogen-bond donors (Lipinski definition) is 0. The molecule has 56 valence electrons. The molecule has 0 amide bonds. The van der Waals surface area contributed by atoms with Gasteiger partial charge in [-0.15, -0.1) is 6.58 Å². The fraction of sp³-hybridized carbons (Fsp3) is 0.500. The molecule has 2 nitrogen and oxygen atoms in total. The van der Waals surface area contributed by atoms with E-state index >= 15 is 0 Å². The van der Waals surface area contributed by atoms with Gasteiger partial charge in [-0.2, -0.15) is 0 Å². The summed E-state index contributed by atoms with van der Waals surface area (Å²) in [7, 11) is 0. The molecule has 1 fully saturated rings. The molecule has 1 saturated heterocycles. The third kappa shape index (κ3) is 1.46. The average Bonchev–Trinajstić information content (AvgIpc) is 2.34. The van der Waals surface area contributed by atoms with E-state index in [-0.39, 0.29) is 12.4 Å². The van der Waals surface area contributed by atoms with Crippen LogP contribution in [-0.2, 0) is 9.47 Å². The quantitative estimate of drug-likeness (QED) is 0.541.